The predicted molar refractivity (Wildman–Crippen MR) is 172 cm³/mol. The number of fused-ring (bicyclic) bond motifs is 2. The number of hydrogen-bond acceptors (Lipinski definition) is 9. The minimum atomic E-state index is -0.736. The summed E-state index contributed by atoms with van der Waals surface area (Å²) in [7, 11) is 0. The Kier molecular flexibility index (Phi) is 10.3. The number of nitrogens with one attached hydrogen (secondary N) is 1. The number of piperidine rings is 1. The van der Waals surface area contributed by atoms with Gasteiger partial charge in [0.1, 0.15) is 5.82 Å². The van der Waals surface area contributed by atoms with Crippen molar-refractivity contribution in [2.45, 2.75) is 53.5 Å². The van der Waals surface area contributed by atoms with Crippen LogP contribution in [-0.4, -0.2) is 51.7 Å². The van der Waals surface area contributed by atoms with Gasteiger partial charge in [-0.15, -0.1) is 0 Å². The van der Waals surface area contributed by atoms with E-state index in [1.54, 1.807) is 6.07 Å². The fourth-order valence-corrected chi connectivity index (χ4v) is 5.55. The fourth-order valence-electron chi connectivity index (χ4n) is 5.24. The van der Waals surface area contributed by atoms with Gasteiger partial charge < -0.3 is 30.5 Å². The van der Waals surface area contributed by atoms with E-state index in [1.165, 1.54) is 0 Å². The van der Waals surface area contributed by atoms with E-state index in [1.807, 2.05) is 62.9 Å². The number of carboxylic acids is 1. The zero-order chi connectivity index (χ0) is 31.3. The first-order valence-electron chi connectivity index (χ1n) is 14.3. The average Bonchev–Trinajstić information content (AvgIpc) is 3.44. The molecule has 3 aromatic rings. The molecular weight excluding hydrogens is 590 g/mol. The van der Waals surface area contributed by atoms with Crippen molar-refractivity contribution >= 4 is 63.2 Å². The van der Waals surface area contributed by atoms with Crippen LogP contribution in [0, 0.1) is 17.3 Å². The molecule has 0 saturated carbocycles. The molecule has 2 aliphatic heterocycles. The van der Waals surface area contributed by atoms with Gasteiger partial charge >= 0.3 is 5.97 Å². The molecule has 0 bridgehead atoms. The minimum Gasteiger partial charge on any atom is -0.481 e. The van der Waals surface area contributed by atoms with Crippen LogP contribution in [0.3, 0.4) is 0 Å². The third-order valence-electron chi connectivity index (χ3n) is 8.20. The van der Waals surface area contributed by atoms with Crippen LogP contribution in [0.5, 0.6) is 11.5 Å². The third-order valence-corrected chi connectivity index (χ3v) is 8.96. The van der Waals surface area contributed by atoms with Crippen molar-refractivity contribution in [3.63, 3.8) is 0 Å². The highest BCUT2D eigenvalue weighted by atomic mass is 35.5. The summed E-state index contributed by atoms with van der Waals surface area (Å²) < 4.78 is 10.8. The van der Waals surface area contributed by atoms with Crippen LogP contribution >= 0.6 is 23.8 Å². The maximum Gasteiger partial charge on any atom is 0.306 e. The number of halogens is 1. The number of hydrogen-bond donors (Lipinski definition) is 3. The van der Waals surface area contributed by atoms with E-state index in [0.717, 1.165) is 39.3 Å². The number of thiocarbonyl (C=S) groups is 1. The highest BCUT2D eigenvalue weighted by Crippen LogP contribution is 2.34. The monoisotopic (exact) mass is 627 g/mol. The molecule has 0 aliphatic carbocycles. The van der Waals surface area contributed by atoms with E-state index < -0.39 is 5.97 Å². The van der Waals surface area contributed by atoms with Crippen molar-refractivity contribution in [1.82, 2.24) is 9.97 Å². The van der Waals surface area contributed by atoms with Gasteiger partial charge in [-0.1, -0.05) is 50.7 Å². The van der Waals surface area contributed by atoms with E-state index in [9.17, 15) is 14.7 Å². The molecule has 1 aromatic heterocycles. The molecule has 1 amide bonds. The summed E-state index contributed by atoms with van der Waals surface area (Å²) in [5, 5.41) is 14.1. The molecule has 2 aromatic carbocycles. The Bertz CT molecular complexity index is 1510. The van der Waals surface area contributed by atoms with Crippen molar-refractivity contribution < 1.29 is 24.2 Å². The van der Waals surface area contributed by atoms with Gasteiger partial charge in [0.05, 0.1) is 11.4 Å². The molecule has 10 nitrogen and oxygen atoms in total. The van der Waals surface area contributed by atoms with Crippen LogP contribution in [0.25, 0.3) is 10.9 Å². The largest absolute Gasteiger partial charge is 0.481 e. The number of ether oxygens (including phenoxy) is 2. The topological polar surface area (TPSA) is 140 Å². The number of amides is 1. The molecule has 0 spiro atoms. The first kappa shape index (κ1) is 32.2. The summed E-state index contributed by atoms with van der Waals surface area (Å²) in [6.07, 6.45) is 1.91. The van der Waals surface area contributed by atoms with Crippen molar-refractivity contribution in [3.8, 4) is 11.5 Å². The summed E-state index contributed by atoms with van der Waals surface area (Å²) in [4.78, 5) is 34.7. The average molecular weight is 628 g/mol. The van der Waals surface area contributed by atoms with Crippen molar-refractivity contribution in [3.05, 3.63) is 47.0 Å². The van der Waals surface area contributed by atoms with E-state index in [-0.39, 0.29) is 30.0 Å². The number of anilines is 2. The minimum absolute atomic E-state index is 0.144. The Morgan fingerprint density at radius 2 is 1.86 bits per heavy atom. The van der Waals surface area contributed by atoms with Crippen LogP contribution in [0.4, 0.5) is 11.8 Å². The van der Waals surface area contributed by atoms with Crippen LogP contribution in [0.1, 0.15) is 52.5 Å². The number of carbonyl (C=O) groups excluding carboxylic acids is 1. The Balaban J connectivity index is 0.000000301. The standard InChI is InChI=1S/C22H21ClN4O4.C9H17NOS/c23-15-2-3-17-16(10-15)20(24-11-13-1-4-18-19(9-13)31-12-30-18)26-22(25-17)27-7-5-14(6-8-27)21(28)29;1-5-7(8(10)11)9(3,4)6(2)12/h1-4,9-10,14H,5-8,11-12H2,(H,28,29)(H,24,25,26);7H,5H2,1-4H3,(H2,10,11). The maximum absolute atomic E-state index is 11.3. The van der Waals surface area contributed by atoms with Gasteiger partial charge in [0.15, 0.2) is 11.5 Å². The Hall–Kier alpha value is -3.70. The number of nitrogens with zero attached hydrogens (tertiary/aromatic N) is 3. The summed E-state index contributed by atoms with van der Waals surface area (Å²) >= 11 is 11.3. The van der Waals surface area contributed by atoms with Crippen LogP contribution in [-0.2, 0) is 16.1 Å². The Morgan fingerprint density at radius 3 is 2.47 bits per heavy atom. The van der Waals surface area contributed by atoms with E-state index in [4.69, 9.17) is 49.0 Å². The quantitative estimate of drug-likeness (QED) is 0.248. The number of benzene rings is 2. The lowest BCUT2D eigenvalue weighted by atomic mass is 9.75. The number of nitrogens with two attached hydrogens (primary N) is 1. The van der Waals surface area contributed by atoms with Crippen molar-refractivity contribution in [1.29, 1.82) is 0 Å². The molecule has 12 heteroatoms. The van der Waals surface area contributed by atoms with Crippen molar-refractivity contribution in [2.24, 2.45) is 23.0 Å². The second-order valence-corrected chi connectivity index (χ2v) is 12.4. The summed E-state index contributed by atoms with van der Waals surface area (Å²) in [6.45, 7) is 9.74. The number of carbonyl (C=O) groups is 2. The second-order valence-electron chi connectivity index (χ2n) is 11.3. The fraction of sp³-hybridized carbons (Fsp3) is 0.452. The van der Waals surface area contributed by atoms with E-state index >= 15 is 0 Å². The highest BCUT2D eigenvalue weighted by molar-refractivity contribution is 7.80. The van der Waals surface area contributed by atoms with Crippen LogP contribution < -0.4 is 25.4 Å². The summed E-state index contributed by atoms with van der Waals surface area (Å²) in [6, 6.07) is 11.3. The molecule has 1 fully saturated rings. The predicted octanol–water partition coefficient (Wildman–Crippen LogP) is 5.84. The SMILES string of the molecule is CCC(C(N)=O)C(C)(C)C(C)=S.O=C(O)C1CCN(c2nc(NCc3ccc4c(c3)OCO4)c3cc(Cl)ccc3n2)CC1. The number of rotatable bonds is 9. The molecule has 0 radical (unpaired) electrons. The smallest absolute Gasteiger partial charge is 0.306 e. The summed E-state index contributed by atoms with van der Waals surface area (Å²) in [5.41, 5.74) is 6.83. The zero-order valence-electron chi connectivity index (χ0n) is 24.9. The van der Waals surface area contributed by atoms with Gasteiger partial charge in [-0.2, -0.15) is 4.98 Å². The lowest BCUT2D eigenvalue weighted by Crippen LogP contribution is -2.39. The van der Waals surface area contributed by atoms with Crippen LogP contribution in [0.2, 0.25) is 5.02 Å². The lowest BCUT2D eigenvalue weighted by molar-refractivity contribution is -0.142. The molecule has 1 saturated heterocycles. The van der Waals surface area contributed by atoms with Gasteiger partial charge in [0, 0.05) is 41.4 Å². The number of carboxylic acid groups (broad SMARTS) is 1. The van der Waals surface area contributed by atoms with Gasteiger partial charge in [0.25, 0.3) is 0 Å². The Labute approximate surface area is 261 Å². The molecule has 43 heavy (non-hydrogen) atoms. The van der Waals surface area contributed by atoms with Gasteiger partial charge in [-0.05, 0) is 66.9 Å². The maximum atomic E-state index is 11.3. The lowest BCUT2D eigenvalue weighted by Gasteiger charge is -2.30. The first-order chi connectivity index (χ1) is 20.4. The number of primary amides is 1. The zero-order valence-corrected chi connectivity index (χ0v) is 26.4. The molecule has 3 heterocycles. The molecule has 1 atom stereocenters. The third kappa shape index (κ3) is 7.64. The van der Waals surface area contributed by atoms with Gasteiger partial charge in [0.2, 0.25) is 18.6 Å². The van der Waals surface area contributed by atoms with E-state index in [2.05, 4.69) is 5.32 Å². The normalized spacial score (nSPS) is 15.4. The molecule has 1 unspecified atom stereocenters. The Morgan fingerprint density at radius 1 is 1.16 bits per heavy atom. The van der Waals surface area contributed by atoms with Crippen LogP contribution in [0.15, 0.2) is 36.4 Å². The van der Waals surface area contributed by atoms with Gasteiger partial charge in [-0.3, -0.25) is 9.59 Å². The molecule has 230 valence electrons. The van der Waals surface area contributed by atoms with E-state index in [0.29, 0.717) is 49.3 Å². The van der Waals surface area contributed by atoms with Crippen molar-refractivity contribution in [2.75, 3.05) is 30.1 Å². The molecule has 5 rings (SSSR count). The first-order valence-corrected chi connectivity index (χ1v) is 15.1. The number of aliphatic carboxylic acids is 1. The molecular formula is C31H38ClN5O5S. The van der Waals surface area contributed by atoms with Gasteiger partial charge in [-0.25, -0.2) is 4.98 Å². The summed E-state index contributed by atoms with van der Waals surface area (Å²) in [5.74, 6) is 1.31. The molecule has 2 aliphatic rings. The number of aromatic nitrogens is 2. The highest BCUT2D eigenvalue weighted by Gasteiger charge is 2.34. The second kappa shape index (κ2) is 13.7. The molecule has 4 N–H and O–H groups in total.